The monoisotopic (exact) mass is 396 g/mol. The van der Waals surface area contributed by atoms with Crippen LogP contribution in [0.25, 0.3) is 0 Å². The number of nitrogens with two attached hydrogens (primary N) is 1. The Labute approximate surface area is 155 Å². The molecule has 0 unspecified atom stereocenters. The molecular formula is C15H28N2O10. The molecule has 2 aliphatic rings. The van der Waals surface area contributed by atoms with Gasteiger partial charge >= 0.3 is 0 Å². The van der Waals surface area contributed by atoms with Gasteiger partial charge in [-0.25, -0.2) is 0 Å². The second-order valence-corrected chi connectivity index (χ2v) is 6.56. The third-order valence-corrected chi connectivity index (χ3v) is 4.67. The molecular weight excluding hydrogens is 368 g/mol. The number of amides is 1. The SMILES string of the molecule is CO[C@@H]1O[C@H](CO)[C@@H](O[C@@H]2O[C@H](CO)[C@@H](O)[C@H](O)[C@H]2N)[C@H](O)[C@H]1NC(C)=O. The average Bonchev–Trinajstić information content (AvgIpc) is 2.64. The molecule has 2 saturated heterocycles. The van der Waals surface area contributed by atoms with Crippen molar-refractivity contribution in [2.24, 2.45) is 5.73 Å². The summed E-state index contributed by atoms with van der Waals surface area (Å²) in [5, 5.41) is 51.9. The van der Waals surface area contributed by atoms with E-state index >= 15 is 0 Å². The zero-order valence-corrected chi connectivity index (χ0v) is 15.0. The molecule has 1 amide bonds. The minimum Gasteiger partial charge on any atom is -0.394 e. The van der Waals surface area contributed by atoms with Crippen molar-refractivity contribution in [3.8, 4) is 0 Å². The lowest BCUT2D eigenvalue weighted by Gasteiger charge is -2.47. The summed E-state index contributed by atoms with van der Waals surface area (Å²) in [4.78, 5) is 11.4. The van der Waals surface area contributed by atoms with E-state index < -0.39 is 80.4 Å². The van der Waals surface area contributed by atoms with E-state index in [0.29, 0.717) is 0 Å². The summed E-state index contributed by atoms with van der Waals surface area (Å²) < 4.78 is 21.7. The summed E-state index contributed by atoms with van der Waals surface area (Å²) in [6, 6.07) is -2.21. The van der Waals surface area contributed by atoms with Crippen LogP contribution in [-0.2, 0) is 23.7 Å². The van der Waals surface area contributed by atoms with E-state index in [1.54, 1.807) is 0 Å². The molecule has 0 spiro atoms. The molecule has 12 nitrogen and oxygen atoms in total. The maximum absolute atomic E-state index is 11.4. The zero-order valence-electron chi connectivity index (χ0n) is 15.0. The van der Waals surface area contributed by atoms with Gasteiger partial charge in [0.2, 0.25) is 5.91 Å². The molecule has 2 heterocycles. The smallest absolute Gasteiger partial charge is 0.217 e. The van der Waals surface area contributed by atoms with Crippen LogP contribution in [-0.4, -0.2) is 113 Å². The summed E-state index contributed by atoms with van der Waals surface area (Å²) in [5.74, 6) is -0.449. The summed E-state index contributed by atoms with van der Waals surface area (Å²) in [6.45, 7) is 0.0976. The second kappa shape index (κ2) is 9.52. The Morgan fingerprint density at radius 3 is 2.15 bits per heavy atom. The number of nitrogens with one attached hydrogen (secondary N) is 1. The molecule has 0 bridgehead atoms. The predicted molar refractivity (Wildman–Crippen MR) is 87.0 cm³/mol. The van der Waals surface area contributed by atoms with Crippen LogP contribution in [0.2, 0.25) is 0 Å². The van der Waals surface area contributed by atoms with Crippen molar-refractivity contribution >= 4 is 5.91 Å². The van der Waals surface area contributed by atoms with Gasteiger partial charge in [0.05, 0.1) is 19.3 Å². The normalized spacial score (nSPS) is 45.5. The minimum absolute atomic E-state index is 0.449. The lowest BCUT2D eigenvalue weighted by atomic mass is 9.95. The quantitative estimate of drug-likeness (QED) is 0.228. The number of hydrogen-bond donors (Lipinski definition) is 7. The van der Waals surface area contributed by atoms with E-state index in [9.17, 15) is 30.3 Å². The fourth-order valence-electron chi connectivity index (χ4n) is 3.21. The maximum atomic E-state index is 11.4. The Hall–Kier alpha value is -0.930. The Morgan fingerprint density at radius 1 is 1.04 bits per heavy atom. The van der Waals surface area contributed by atoms with E-state index in [0.717, 1.165) is 0 Å². The van der Waals surface area contributed by atoms with Crippen molar-refractivity contribution in [1.29, 1.82) is 0 Å². The Balaban J connectivity index is 2.19. The van der Waals surface area contributed by atoms with Gasteiger partial charge < -0.3 is 55.5 Å². The number of carbonyl (C=O) groups excluding carboxylic acids is 1. The molecule has 0 radical (unpaired) electrons. The minimum atomic E-state index is -1.45. The highest BCUT2D eigenvalue weighted by Gasteiger charge is 2.50. The molecule has 0 aliphatic carbocycles. The fraction of sp³-hybridized carbons (Fsp3) is 0.933. The van der Waals surface area contributed by atoms with Gasteiger partial charge in [-0.15, -0.1) is 0 Å². The van der Waals surface area contributed by atoms with Gasteiger partial charge in [-0.2, -0.15) is 0 Å². The summed E-state index contributed by atoms with van der Waals surface area (Å²) in [7, 11) is 1.31. The number of aliphatic hydroxyl groups excluding tert-OH is 5. The van der Waals surface area contributed by atoms with E-state index in [4.69, 9.17) is 24.7 Å². The third kappa shape index (κ3) is 4.74. The first kappa shape index (κ1) is 22.4. The summed E-state index contributed by atoms with van der Waals surface area (Å²) in [6.07, 6.45) is -10.0. The summed E-state index contributed by atoms with van der Waals surface area (Å²) >= 11 is 0. The van der Waals surface area contributed by atoms with E-state index in [1.165, 1.54) is 14.0 Å². The maximum Gasteiger partial charge on any atom is 0.217 e. The molecule has 27 heavy (non-hydrogen) atoms. The second-order valence-electron chi connectivity index (χ2n) is 6.56. The van der Waals surface area contributed by atoms with Crippen LogP contribution < -0.4 is 11.1 Å². The van der Waals surface area contributed by atoms with E-state index in [1.807, 2.05) is 0 Å². The molecule has 0 aromatic carbocycles. The molecule has 8 N–H and O–H groups in total. The van der Waals surface area contributed by atoms with Crippen molar-refractivity contribution < 1.29 is 49.3 Å². The number of ether oxygens (including phenoxy) is 4. The summed E-state index contributed by atoms with van der Waals surface area (Å²) in [5.41, 5.74) is 5.83. The number of rotatable bonds is 6. The molecule has 2 aliphatic heterocycles. The highest BCUT2D eigenvalue weighted by Crippen LogP contribution is 2.28. The predicted octanol–water partition coefficient (Wildman–Crippen LogP) is -4.63. The van der Waals surface area contributed by atoms with Gasteiger partial charge in [0.15, 0.2) is 12.6 Å². The van der Waals surface area contributed by atoms with Gasteiger partial charge in [0.25, 0.3) is 0 Å². The fourth-order valence-corrected chi connectivity index (χ4v) is 3.21. The van der Waals surface area contributed by atoms with Crippen molar-refractivity contribution in [1.82, 2.24) is 5.32 Å². The van der Waals surface area contributed by atoms with Crippen molar-refractivity contribution in [2.75, 3.05) is 20.3 Å². The molecule has 10 atom stereocenters. The topological polar surface area (TPSA) is 193 Å². The third-order valence-electron chi connectivity index (χ3n) is 4.67. The van der Waals surface area contributed by atoms with Crippen LogP contribution in [0.1, 0.15) is 6.92 Å². The zero-order chi connectivity index (χ0) is 20.3. The van der Waals surface area contributed by atoms with Crippen LogP contribution >= 0.6 is 0 Å². The molecule has 0 aromatic heterocycles. The Kier molecular flexibility index (Phi) is 7.88. The van der Waals surface area contributed by atoms with Gasteiger partial charge in [0, 0.05) is 14.0 Å². The highest BCUT2D eigenvalue weighted by atomic mass is 16.7. The first-order valence-corrected chi connectivity index (χ1v) is 8.52. The van der Waals surface area contributed by atoms with Crippen LogP contribution in [0.5, 0.6) is 0 Å². The first-order valence-electron chi connectivity index (χ1n) is 8.52. The van der Waals surface area contributed by atoms with Gasteiger partial charge in [-0.05, 0) is 0 Å². The standard InChI is InChI=1S/C15H28N2O10/c1-5(20)17-9-12(23)13(7(4-19)26-15(9)24-2)27-14-8(16)11(22)10(21)6(3-18)25-14/h6-15,18-19,21-23H,3-4,16H2,1-2H3,(H,17,20)/t6-,7-,8-,9-,10-,11-,12-,13-,14+,15-/m1/s1. The van der Waals surface area contributed by atoms with E-state index in [2.05, 4.69) is 5.32 Å². The Morgan fingerprint density at radius 2 is 1.63 bits per heavy atom. The van der Waals surface area contributed by atoms with Crippen LogP contribution in [0.4, 0.5) is 0 Å². The Bertz CT molecular complexity index is 495. The van der Waals surface area contributed by atoms with E-state index in [-0.39, 0.29) is 0 Å². The molecule has 0 aromatic rings. The van der Waals surface area contributed by atoms with Crippen LogP contribution in [0.3, 0.4) is 0 Å². The number of aliphatic hydroxyl groups is 5. The first-order chi connectivity index (χ1) is 12.7. The van der Waals surface area contributed by atoms with Crippen molar-refractivity contribution in [2.45, 2.75) is 68.2 Å². The van der Waals surface area contributed by atoms with Crippen molar-refractivity contribution in [3.05, 3.63) is 0 Å². The lowest BCUT2D eigenvalue weighted by molar-refractivity contribution is -0.328. The molecule has 12 heteroatoms. The molecule has 2 fully saturated rings. The molecule has 158 valence electrons. The largest absolute Gasteiger partial charge is 0.394 e. The molecule has 0 saturated carbocycles. The van der Waals surface area contributed by atoms with Gasteiger partial charge in [0.1, 0.15) is 42.7 Å². The van der Waals surface area contributed by atoms with Crippen molar-refractivity contribution in [3.63, 3.8) is 0 Å². The lowest BCUT2D eigenvalue weighted by Crippen LogP contribution is -2.68. The van der Waals surface area contributed by atoms with Crippen LogP contribution in [0, 0.1) is 0 Å². The number of methoxy groups -OCH3 is 1. The van der Waals surface area contributed by atoms with Gasteiger partial charge in [-0.1, -0.05) is 0 Å². The van der Waals surface area contributed by atoms with Crippen LogP contribution in [0.15, 0.2) is 0 Å². The van der Waals surface area contributed by atoms with Gasteiger partial charge in [-0.3, -0.25) is 4.79 Å². The number of carbonyl (C=O) groups is 1. The molecule has 2 rings (SSSR count). The number of hydrogen-bond acceptors (Lipinski definition) is 11. The average molecular weight is 396 g/mol. The highest BCUT2D eigenvalue weighted by molar-refractivity contribution is 5.73.